The number of hydrogen-bond acceptors (Lipinski definition) is 4. The Morgan fingerprint density at radius 2 is 2.20 bits per heavy atom. The standard InChI is InChI=1S/C13H17N5O2/c19-9-3-7-15-13(20)17-12-5-8-16-18(12)10-11-4-1-2-6-14-11/h1-2,4-6,8,19H,3,7,9-10H2,(H2,15,17,20). The van der Waals surface area contributed by atoms with Crippen LogP contribution < -0.4 is 10.6 Å². The molecular formula is C13H17N5O2. The molecule has 0 fully saturated rings. The zero-order chi connectivity index (χ0) is 14.2. The summed E-state index contributed by atoms with van der Waals surface area (Å²) in [5.74, 6) is 0.595. The number of anilines is 1. The smallest absolute Gasteiger partial charge is 0.320 e. The molecule has 2 amide bonds. The fourth-order valence-electron chi connectivity index (χ4n) is 1.65. The number of urea groups is 1. The molecule has 0 aromatic carbocycles. The molecule has 20 heavy (non-hydrogen) atoms. The number of pyridine rings is 1. The Hall–Kier alpha value is -2.41. The lowest BCUT2D eigenvalue weighted by Gasteiger charge is -2.09. The maximum Gasteiger partial charge on any atom is 0.320 e. The van der Waals surface area contributed by atoms with Crippen molar-refractivity contribution in [3.8, 4) is 0 Å². The quantitative estimate of drug-likeness (QED) is 0.681. The molecule has 2 aromatic rings. The second-order valence-electron chi connectivity index (χ2n) is 4.15. The van der Waals surface area contributed by atoms with Crippen molar-refractivity contribution in [3.63, 3.8) is 0 Å². The molecule has 0 aliphatic carbocycles. The summed E-state index contributed by atoms with van der Waals surface area (Å²) in [7, 11) is 0. The number of nitrogens with zero attached hydrogens (tertiary/aromatic N) is 3. The average Bonchev–Trinajstić information content (AvgIpc) is 2.87. The lowest BCUT2D eigenvalue weighted by molar-refractivity contribution is 0.248. The monoisotopic (exact) mass is 275 g/mol. The van der Waals surface area contributed by atoms with Gasteiger partial charge in [-0.3, -0.25) is 10.3 Å². The van der Waals surface area contributed by atoms with E-state index in [2.05, 4.69) is 20.7 Å². The average molecular weight is 275 g/mol. The van der Waals surface area contributed by atoms with Gasteiger partial charge in [-0.05, 0) is 18.6 Å². The number of aliphatic hydroxyl groups excluding tert-OH is 1. The number of hydrogen-bond donors (Lipinski definition) is 3. The number of amides is 2. The molecule has 0 saturated carbocycles. The zero-order valence-corrected chi connectivity index (χ0v) is 11.0. The minimum atomic E-state index is -0.318. The predicted octanol–water partition coefficient (Wildman–Crippen LogP) is 0.830. The molecule has 0 unspecified atom stereocenters. The van der Waals surface area contributed by atoms with Crippen LogP contribution in [-0.2, 0) is 6.54 Å². The maximum atomic E-state index is 11.6. The zero-order valence-electron chi connectivity index (χ0n) is 11.0. The second-order valence-corrected chi connectivity index (χ2v) is 4.15. The molecule has 3 N–H and O–H groups in total. The van der Waals surface area contributed by atoms with Crippen LogP contribution in [0, 0.1) is 0 Å². The van der Waals surface area contributed by atoms with Crippen molar-refractivity contribution in [1.29, 1.82) is 0 Å². The molecule has 0 aliphatic rings. The van der Waals surface area contributed by atoms with Crippen LogP contribution in [0.1, 0.15) is 12.1 Å². The highest BCUT2D eigenvalue weighted by molar-refractivity contribution is 5.88. The molecule has 106 valence electrons. The van der Waals surface area contributed by atoms with Crippen molar-refractivity contribution in [2.75, 3.05) is 18.5 Å². The molecule has 2 rings (SSSR count). The van der Waals surface area contributed by atoms with Crippen LogP contribution >= 0.6 is 0 Å². The van der Waals surface area contributed by atoms with Crippen LogP contribution in [0.5, 0.6) is 0 Å². The van der Waals surface area contributed by atoms with E-state index < -0.39 is 0 Å². The van der Waals surface area contributed by atoms with Gasteiger partial charge in [0.1, 0.15) is 5.82 Å². The van der Waals surface area contributed by atoms with E-state index in [1.165, 1.54) is 0 Å². The molecule has 0 saturated heterocycles. The number of aliphatic hydroxyl groups is 1. The van der Waals surface area contributed by atoms with Gasteiger partial charge >= 0.3 is 6.03 Å². The van der Waals surface area contributed by atoms with Gasteiger partial charge in [-0.25, -0.2) is 9.48 Å². The Morgan fingerprint density at radius 3 is 2.95 bits per heavy atom. The molecule has 2 heterocycles. The molecule has 2 aromatic heterocycles. The summed E-state index contributed by atoms with van der Waals surface area (Å²) in [4.78, 5) is 15.8. The summed E-state index contributed by atoms with van der Waals surface area (Å²) in [6, 6.07) is 7.05. The number of rotatable bonds is 6. The van der Waals surface area contributed by atoms with Gasteiger partial charge in [0.25, 0.3) is 0 Å². The molecule has 7 heteroatoms. The van der Waals surface area contributed by atoms with Crippen LogP contribution in [0.15, 0.2) is 36.7 Å². The van der Waals surface area contributed by atoms with Gasteiger partial charge in [-0.1, -0.05) is 6.07 Å². The molecular weight excluding hydrogens is 258 g/mol. The van der Waals surface area contributed by atoms with Crippen LogP contribution in [0.4, 0.5) is 10.6 Å². The van der Waals surface area contributed by atoms with Gasteiger partial charge < -0.3 is 10.4 Å². The van der Waals surface area contributed by atoms with E-state index in [9.17, 15) is 4.79 Å². The van der Waals surface area contributed by atoms with Crippen molar-refractivity contribution < 1.29 is 9.90 Å². The van der Waals surface area contributed by atoms with Gasteiger partial charge in [0, 0.05) is 25.4 Å². The van der Waals surface area contributed by atoms with Crippen molar-refractivity contribution in [1.82, 2.24) is 20.1 Å². The Morgan fingerprint density at radius 1 is 1.30 bits per heavy atom. The van der Waals surface area contributed by atoms with E-state index in [1.807, 2.05) is 18.2 Å². The first-order valence-electron chi connectivity index (χ1n) is 6.37. The predicted molar refractivity (Wildman–Crippen MR) is 74.3 cm³/mol. The molecule has 0 bridgehead atoms. The van der Waals surface area contributed by atoms with Crippen molar-refractivity contribution in [3.05, 3.63) is 42.4 Å². The number of aromatic nitrogens is 3. The Labute approximate surface area is 116 Å². The van der Waals surface area contributed by atoms with E-state index in [0.29, 0.717) is 25.3 Å². The number of carbonyl (C=O) groups is 1. The Kier molecular flexibility index (Phi) is 5.08. The van der Waals surface area contributed by atoms with Gasteiger partial charge in [-0.15, -0.1) is 0 Å². The topological polar surface area (TPSA) is 92.1 Å². The minimum Gasteiger partial charge on any atom is -0.396 e. The van der Waals surface area contributed by atoms with Gasteiger partial charge in [-0.2, -0.15) is 5.10 Å². The Bertz CT molecular complexity index is 541. The van der Waals surface area contributed by atoms with Gasteiger partial charge in [0.15, 0.2) is 0 Å². The first kappa shape index (κ1) is 14.0. The molecule has 7 nitrogen and oxygen atoms in total. The highest BCUT2D eigenvalue weighted by Crippen LogP contribution is 2.08. The third kappa shape index (κ3) is 4.06. The van der Waals surface area contributed by atoms with Crippen LogP contribution in [0.2, 0.25) is 0 Å². The highest BCUT2D eigenvalue weighted by Gasteiger charge is 2.07. The molecule has 0 radical (unpaired) electrons. The lowest BCUT2D eigenvalue weighted by Crippen LogP contribution is -2.31. The van der Waals surface area contributed by atoms with Crippen molar-refractivity contribution in [2.45, 2.75) is 13.0 Å². The van der Waals surface area contributed by atoms with Crippen LogP contribution in [0.3, 0.4) is 0 Å². The second kappa shape index (κ2) is 7.25. The van der Waals surface area contributed by atoms with E-state index in [-0.39, 0.29) is 12.6 Å². The largest absolute Gasteiger partial charge is 0.396 e. The summed E-state index contributed by atoms with van der Waals surface area (Å²) in [6.45, 7) is 0.967. The van der Waals surface area contributed by atoms with E-state index in [4.69, 9.17) is 5.11 Å². The van der Waals surface area contributed by atoms with Crippen molar-refractivity contribution in [2.24, 2.45) is 0 Å². The van der Waals surface area contributed by atoms with E-state index in [1.54, 1.807) is 23.1 Å². The van der Waals surface area contributed by atoms with E-state index >= 15 is 0 Å². The molecule has 0 atom stereocenters. The summed E-state index contributed by atoms with van der Waals surface area (Å²) in [5, 5.41) is 18.2. The first-order chi connectivity index (χ1) is 9.79. The number of carbonyl (C=O) groups excluding carboxylic acids is 1. The van der Waals surface area contributed by atoms with Crippen LogP contribution in [-0.4, -0.2) is 39.1 Å². The highest BCUT2D eigenvalue weighted by atomic mass is 16.3. The SMILES string of the molecule is O=C(NCCCO)Nc1ccnn1Cc1ccccn1. The number of nitrogens with one attached hydrogen (secondary N) is 2. The summed E-state index contributed by atoms with van der Waals surface area (Å²) < 4.78 is 1.66. The van der Waals surface area contributed by atoms with Crippen LogP contribution in [0.25, 0.3) is 0 Å². The molecule has 0 aliphatic heterocycles. The fraction of sp³-hybridized carbons (Fsp3) is 0.308. The van der Waals surface area contributed by atoms with Crippen molar-refractivity contribution >= 4 is 11.8 Å². The minimum absolute atomic E-state index is 0.0535. The van der Waals surface area contributed by atoms with Gasteiger partial charge in [0.05, 0.1) is 18.4 Å². The third-order valence-corrected chi connectivity index (χ3v) is 2.62. The van der Waals surface area contributed by atoms with E-state index in [0.717, 1.165) is 5.69 Å². The van der Waals surface area contributed by atoms with Gasteiger partial charge in [0.2, 0.25) is 0 Å². The summed E-state index contributed by atoms with van der Waals surface area (Å²) >= 11 is 0. The fourth-order valence-corrected chi connectivity index (χ4v) is 1.65. The normalized spacial score (nSPS) is 10.2. The lowest BCUT2D eigenvalue weighted by atomic mass is 10.3. The summed E-state index contributed by atoms with van der Waals surface area (Å²) in [5.41, 5.74) is 0.861. The third-order valence-electron chi connectivity index (χ3n) is 2.62. The maximum absolute atomic E-state index is 11.6. The summed E-state index contributed by atoms with van der Waals surface area (Å²) in [6.07, 6.45) is 3.86. The first-order valence-corrected chi connectivity index (χ1v) is 6.37. The molecule has 0 spiro atoms. The Balaban J connectivity index is 1.93.